The Labute approximate surface area is 168 Å². The maximum atomic E-state index is 5.80. The number of aromatic nitrogens is 1. The van der Waals surface area contributed by atoms with Gasteiger partial charge in [-0.3, -0.25) is 4.99 Å². The van der Waals surface area contributed by atoms with Gasteiger partial charge in [0.15, 0.2) is 5.96 Å². The van der Waals surface area contributed by atoms with Crippen LogP contribution in [0.25, 0.3) is 0 Å². The van der Waals surface area contributed by atoms with E-state index in [1.54, 1.807) is 7.05 Å². The van der Waals surface area contributed by atoms with Crippen LogP contribution in [0.15, 0.2) is 53.7 Å². The molecule has 1 aliphatic heterocycles. The minimum absolute atomic E-state index is 0.179. The van der Waals surface area contributed by atoms with E-state index in [0.29, 0.717) is 6.54 Å². The second-order valence-electron chi connectivity index (χ2n) is 7.39. The number of ether oxygens (including phenoxy) is 1. The third-order valence-electron chi connectivity index (χ3n) is 4.89. The van der Waals surface area contributed by atoms with Crippen LogP contribution in [0.1, 0.15) is 37.9 Å². The van der Waals surface area contributed by atoms with E-state index < -0.39 is 0 Å². The Balaban J connectivity index is 1.53. The Morgan fingerprint density at radius 1 is 1.18 bits per heavy atom. The zero-order valence-electron chi connectivity index (χ0n) is 17.2. The summed E-state index contributed by atoms with van der Waals surface area (Å²) >= 11 is 0. The Kier molecular flexibility index (Phi) is 6.87. The fourth-order valence-corrected chi connectivity index (χ4v) is 3.48. The van der Waals surface area contributed by atoms with Crippen LogP contribution in [0.3, 0.4) is 0 Å². The van der Waals surface area contributed by atoms with Crippen molar-refractivity contribution in [1.29, 1.82) is 0 Å². The summed E-state index contributed by atoms with van der Waals surface area (Å²) in [6.07, 6.45) is 2.39. The third-order valence-corrected chi connectivity index (χ3v) is 4.89. The number of nitrogens with one attached hydrogen (secondary N) is 2. The minimum atomic E-state index is 0.179. The summed E-state index contributed by atoms with van der Waals surface area (Å²) in [6.45, 7) is 8.77. The van der Waals surface area contributed by atoms with Gasteiger partial charge in [0, 0.05) is 32.9 Å². The van der Waals surface area contributed by atoms with Crippen molar-refractivity contribution in [2.75, 3.05) is 25.0 Å². The molecule has 0 radical (unpaired) electrons. The van der Waals surface area contributed by atoms with Crippen LogP contribution in [-0.2, 0) is 11.3 Å². The van der Waals surface area contributed by atoms with Gasteiger partial charge in [0.25, 0.3) is 0 Å². The van der Waals surface area contributed by atoms with Gasteiger partial charge in [-0.2, -0.15) is 0 Å². The molecule has 0 amide bonds. The van der Waals surface area contributed by atoms with Crippen molar-refractivity contribution in [3.63, 3.8) is 0 Å². The van der Waals surface area contributed by atoms with Gasteiger partial charge in [0.1, 0.15) is 5.82 Å². The molecule has 28 heavy (non-hydrogen) atoms. The molecule has 1 aromatic heterocycles. The molecule has 0 saturated carbocycles. The number of morpholine rings is 1. The molecule has 0 bridgehead atoms. The fraction of sp³-hybridized carbons (Fsp3) is 0.455. The van der Waals surface area contributed by atoms with Gasteiger partial charge in [-0.1, -0.05) is 36.4 Å². The molecule has 0 spiro atoms. The van der Waals surface area contributed by atoms with Gasteiger partial charge >= 0.3 is 0 Å². The summed E-state index contributed by atoms with van der Waals surface area (Å²) in [5.41, 5.74) is 2.35. The van der Waals surface area contributed by atoms with Crippen molar-refractivity contribution >= 4 is 11.8 Å². The van der Waals surface area contributed by atoms with Gasteiger partial charge in [-0.15, -0.1) is 0 Å². The first kappa shape index (κ1) is 20.1. The molecule has 2 heterocycles. The van der Waals surface area contributed by atoms with Crippen LogP contribution in [-0.4, -0.2) is 43.3 Å². The minimum Gasteiger partial charge on any atom is -0.372 e. The van der Waals surface area contributed by atoms with E-state index >= 15 is 0 Å². The lowest BCUT2D eigenvalue weighted by atomic mass is 10.1. The predicted molar refractivity (Wildman–Crippen MR) is 115 cm³/mol. The van der Waals surface area contributed by atoms with E-state index in [9.17, 15) is 0 Å². The molecule has 6 heteroatoms. The van der Waals surface area contributed by atoms with Crippen molar-refractivity contribution in [1.82, 2.24) is 15.6 Å². The zero-order chi connectivity index (χ0) is 19.9. The molecular formula is C22H31N5O. The largest absolute Gasteiger partial charge is 0.372 e. The van der Waals surface area contributed by atoms with Crippen molar-refractivity contribution in [2.24, 2.45) is 4.99 Å². The second kappa shape index (κ2) is 9.55. The molecule has 2 aromatic rings. The Hall–Kier alpha value is -2.60. The average molecular weight is 382 g/mol. The number of benzene rings is 1. The Morgan fingerprint density at radius 3 is 2.50 bits per heavy atom. The SMILES string of the molecule is CN=C(NCc1ccc(N2CC(C)OC(C)C2)nc1)NC(C)c1ccccc1. The molecule has 2 N–H and O–H groups in total. The highest BCUT2D eigenvalue weighted by Gasteiger charge is 2.22. The highest BCUT2D eigenvalue weighted by atomic mass is 16.5. The number of pyridine rings is 1. The number of anilines is 1. The lowest BCUT2D eigenvalue weighted by Gasteiger charge is -2.36. The van der Waals surface area contributed by atoms with Crippen LogP contribution in [0, 0.1) is 0 Å². The van der Waals surface area contributed by atoms with Crippen LogP contribution < -0.4 is 15.5 Å². The van der Waals surface area contributed by atoms with Crippen molar-refractivity contribution in [3.05, 3.63) is 59.8 Å². The topological polar surface area (TPSA) is 61.8 Å². The average Bonchev–Trinajstić information content (AvgIpc) is 2.71. The molecular weight excluding hydrogens is 350 g/mol. The number of aliphatic imine (C=N–C) groups is 1. The van der Waals surface area contributed by atoms with E-state index in [0.717, 1.165) is 30.4 Å². The predicted octanol–water partition coefficient (Wildman–Crippen LogP) is 3.12. The van der Waals surface area contributed by atoms with Crippen molar-refractivity contribution < 1.29 is 4.74 Å². The summed E-state index contributed by atoms with van der Waals surface area (Å²) in [4.78, 5) is 11.3. The van der Waals surface area contributed by atoms with E-state index in [1.165, 1.54) is 5.56 Å². The summed E-state index contributed by atoms with van der Waals surface area (Å²) in [6, 6.07) is 14.7. The molecule has 3 rings (SSSR count). The number of hydrogen-bond acceptors (Lipinski definition) is 4. The van der Waals surface area contributed by atoms with E-state index in [2.05, 4.69) is 70.5 Å². The van der Waals surface area contributed by atoms with Gasteiger partial charge in [-0.25, -0.2) is 4.98 Å². The third kappa shape index (κ3) is 5.45. The van der Waals surface area contributed by atoms with E-state index in [-0.39, 0.29) is 18.2 Å². The maximum Gasteiger partial charge on any atom is 0.191 e. The Morgan fingerprint density at radius 2 is 1.89 bits per heavy atom. The van der Waals surface area contributed by atoms with Crippen molar-refractivity contribution in [2.45, 2.75) is 45.6 Å². The first-order valence-corrected chi connectivity index (χ1v) is 9.92. The normalized spacial score (nSPS) is 21.3. The van der Waals surface area contributed by atoms with Crippen LogP contribution in [0.4, 0.5) is 5.82 Å². The molecule has 1 aliphatic rings. The first-order chi connectivity index (χ1) is 13.5. The number of nitrogens with zero attached hydrogens (tertiary/aromatic N) is 3. The first-order valence-electron chi connectivity index (χ1n) is 9.92. The standard InChI is InChI=1S/C22H31N5O/c1-16-14-27(15-17(2)28-16)21-11-10-19(12-24-21)13-25-22(23-4)26-18(3)20-8-6-5-7-9-20/h5-12,16-18H,13-15H2,1-4H3,(H2,23,25,26). The lowest BCUT2D eigenvalue weighted by molar-refractivity contribution is -0.00545. The van der Waals surface area contributed by atoms with E-state index in [4.69, 9.17) is 4.74 Å². The highest BCUT2D eigenvalue weighted by molar-refractivity contribution is 5.80. The fourth-order valence-electron chi connectivity index (χ4n) is 3.48. The maximum absolute atomic E-state index is 5.80. The zero-order valence-corrected chi connectivity index (χ0v) is 17.2. The molecule has 1 fully saturated rings. The Bertz CT molecular complexity index is 752. The van der Waals surface area contributed by atoms with E-state index in [1.807, 2.05) is 24.4 Å². The van der Waals surface area contributed by atoms with Gasteiger partial charge in [0.05, 0.1) is 18.2 Å². The van der Waals surface area contributed by atoms with Crippen LogP contribution in [0.5, 0.6) is 0 Å². The molecule has 0 aliphatic carbocycles. The monoisotopic (exact) mass is 381 g/mol. The number of rotatable bonds is 5. The molecule has 150 valence electrons. The van der Waals surface area contributed by atoms with Crippen LogP contribution >= 0.6 is 0 Å². The summed E-state index contributed by atoms with van der Waals surface area (Å²) in [7, 11) is 1.79. The molecule has 3 unspecified atom stereocenters. The summed E-state index contributed by atoms with van der Waals surface area (Å²) in [5, 5.41) is 6.79. The molecule has 1 saturated heterocycles. The van der Waals surface area contributed by atoms with Gasteiger partial charge in [0.2, 0.25) is 0 Å². The molecule has 3 atom stereocenters. The lowest BCUT2D eigenvalue weighted by Crippen LogP contribution is -2.45. The highest BCUT2D eigenvalue weighted by Crippen LogP contribution is 2.18. The van der Waals surface area contributed by atoms with Crippen molar-refractivity contribution in [3.8, 4) is 0 Å². The summed E-state index contributed by atoms with van der Waals surface area (Å²) in [5.74, 6) is 1.78. The molecule has 1 aromatic carbocycles. The molecule has 6 nitrogen and oxygen atoms in total. The van der Waals surface area contributed by atoms with Crippen LogP contribution in [0.2, 0.25) is 0 Å². The van der Waals surface area contributed by atoms with Gasteiger partial charge in [-0.05, 0) is 38.0 Å². The number of guanidine groups is 1. The quantitative estimate of drug-likeness (QED) is 0.615. The number of hydrogen-bond donors (Lipinski definition) is 2. The second-order valence-corrected chi connectivity index (χ2v) is 7.39. The van der Waals surface area contributed by atoms with Gasteiger partial charge < -0.3 is 20.3 Å². The summed E-state index contributed by atoms with van der Waals surface area (Å²) < 4.78 is 5.80. The smallest absolute Gasteiger partial charge is 0.191 e.